The zero-order valence-electron chi connectivity index (χ0n) is 23.8. The molecular weight excluding hydrogens is 490 g/mol. The highest BCUT2D eigenvalue weighted by Crippen LogP contribution is 2.37. The molecule has 2 aliphatic rings. The number of hydrogen-bond acceptors (Lipinski definition) is 6. The Morgan fingerprint density at radius 3 is 2.33 bits per heavy atom. The molecule has 2 fully saturated rings. The van der Waals surface area contributed by atoms with Crippen molar-refractivity contribution in [3.05, 3.63) is 59.9 Å². The molecule has 1 saturated heterocycles. The summed E-state index contributed by atoms with van der Waals surface area (Å²) in [5, 5.41) is 13.2. The number of hydrogen-bond donors (Lipinski definition) is 1. The van der Waals surface area contributed by atoms with E-state index < -0.39 is 11.6 Å². The fourth-order valence-electron chi connectivity index (χ4n) is 5.76. The molecule has 8 nitrogen and oxygen atoms in total. The Bertz CT molecular complexity index is 1180. The third kappa shape index (κ3) is 5.94. The Kier molecular flexibility index (Phi) is 8.60. The monoisotopic (exact) mass is 531 g/mol. The molecule has 4 rings (SSSR count). The van der Waals surface area contributed by atoms with Gasteiger partial charge < -0.3 is 10.1 Å². The maximum absolute atomic E-state index is 14.6. The zero-order chi connectivity index (χ0) is 28.2. The maximum Gasteiger partial charge on any atom is 0.251 e. The van der Waals surface area contributed by atoms with Crippen LogP contribution in [0.5, 0.6) is 0 Å². The second-order valence-corrected chi connectivity index (χ2v) is 12.0. The van der Waals surface area contributed by atoms with E-state index in [2.05, 4.69) is 37.3 Å². The van der Waals surface area contributed by atoms with Crippen LogP contribution in [0.1, 0.15) is 77.3 Å². The minimum Gasteiger partial charge on any atom is -0.379 e. The molecule has 8 heteroatoms. The molecule has 1 aromatic carbocycles. The van der Waals surface area contributed by atoms with Crippen molar-refractivity contribution in [2.45, 2.75) is 95.4 Å². The molecule has 0 radical (unpaired) electrons. The molecule has 0 bridgehead atoms. The summed E-state index contributed by atoms with van der Waals surface area (Å²) in [6, 6.07) is 10.8. The Morgan fingerprint density at radius 1 is 1.08 bits per heavy atom. The van der Waals surface area contributed by atoms with Crippen LogP contribution in [0.2, 0.25) is 0 Å². The van der Waals surface area contributed by atoms with Gasteiger partial charge in [-0.3, -0.25) is 24.4 Å². The molecule has 2 amide bonds. The number of rotatable bonds is 7. The predicted octanol–water partition coefficient (Wildman–Crippen LogP) is 4.65. The average molecular weight is 532 g/mol. The number of nitrogens with one attached hydrogen (secondary N) is 1. The highest BCUT2D eigenvalue weighted by Gasteiger charge is 2.50. The molecule has 1 aromatic heterocycles. The third-order valence-electron chi connectivity index (χ3n) is 8.27. The van der Waals surface area contributed by atoms with Crippen LogP contribution >= 0.6 is 0 Å². The number of aromatic nitrogens is 1. The maximum atomic E-state index is 14.6. The number of ether oxygens (including phenoxy) is 1. The van der Waals surface area contributed by atoms with Gasteiger partial charge in [0.05, 0.1) is 12.6 Å². The smallest absolute Gasteiger partial charge is 0.251 e. The summed E-state index contributed by atoms with van der Waals surface area (Å²) in [6.45, 7) is 8.53. The molecule has 2 aromatic rings. The van der Waals surface area contributed by atoms with Crippen LogP contribution in [0.15, 0.2) is 48.8 Å². The summed E-state index contributed by atoms with van der Waals surface area (Å²) >= 11 is 0. The van der Waals surface area contributed by atoms with Crippen LogP contribution in [-0.4, -0.2) is 53.5 Å². The number of nitrogens with zero attached hydrogens (tertiary/aromatic N) is 4. The van der Waals surface area contributed by atoms with Crippen LogP contribution in [-0.2, 0) is 25.3 Å². The standard InChI is InChI=1S/C31H41N5O3/c1-30(2,3)22-13-15-25(16-14-22)36(28(37)27-18-26(39-5)20-35(27)21-32)31(4,23-10-9-17-33-19-23)29(38)34-24-11-7-6-8-12-24/h9-10,13-17,19,24,26-27H,6-8,11-12,18,20H2,1-5H3,(H,34,38). The van der Waals surface area contributed by atoms with Gasteiger partial charge in [-0.25, -0.2) is 0 Å². The number of carbonyl (C=O) groups is 2. The SMILES string of the molecule is COC1CC(C(=O)N(c2ccc(C(C)(C)C)cc2)C(C)(C(=O)NC2CCCCC2)c2cccnc2)N(C#N)C1. The number of amides is 2. The van der Waals surface area contributed by atoms with Gasteiger partial charge in [-0.15, -0.1) is 0 Å². The van der Waals surface area contributed by atoms with Gasteiger partial charge in [-0.2, -0.15) is 5.26 Å². The number of pyridine rings is 1. The topological polar surface area (TPSA) is 98.6 Å². The fourth-order valence-corrected chi connectivity index (χ4v) is 5.76. The first-order valence-corrected chi connectivity index (χ1v) is 13.9. The minimum absolute atomic E-state index is 0.0578. The Balaban J connectivity index is 1.84. The van der Waals surface area contributed by atoms with Crippen molar-refractivity contribution in [1.82, 2.24) is 15.2 Å². The third-order valence-corrected chi connectivity index (χ3v) is 8.27. The predicted molar refractivity (Wildman–Crippen MR) is 151 cm³/mol. The van der Waals surface area contributed by atoms with Gasteiger partial charge in [0.25, 0.3) is 11.8 Å². The highest BCUT2D eigenvalue weighted by molar-refractivity contribution is 6.06. The largest absolute Gasteiger partial charge is 0.379 e. The van der Waals surface area contributed by atoms with Crippen molar-refractivity contribution < 1.29 is 14.3 Å². The lowest BCUT2D eigenvalue weighted by Gasteiger charge is -2.43. The zero-order valence-corrected chi connectivity index (χ0v) is 23.8. The molecule has 1 saturated carbocycles. The van der Waals surface area contributed by atoms with Crippen molar-refractivity contribution in [3.63, 3.8) is 0 Å². The van der Waals surface area contributed by atoms with E-state index in [1.54, 1.807) is 37.4 Å². The molecule has 39 heavy (non-hydrogen) atoms. The molecule has 2 heterocycles. The van der Waals surface area contributed by atoms with Gasteiger partial charge in [-0.05, 0) is 48.9 Å². The second kappa shape index (κ2) is 11.7. The molecule has 3 unspecified atom stereocenters. The first-order valence-electron chi connectivity index (χ1n) is 13.9. The average Bonchev–Trinajstić information content (AvgIpc) is 3.37. The number of benzene rings is 1. The summed E-state index contributed by atoms with van der Waals surface area (Å²) in [6.07, 6.45) is 10.8. The first-order chi connectivity index (χ1) is 18.6. The first kappa shape index (κ1) is 28.6. The van der Waals surface area contributed by atoms with Crippen molar-refractivity contribution >= 4 is 17.5 Å². The van der Waals surface area contributed by atoms with E-state index in [1.807, 2.05) is 30.3 Å². The van der Waals surface area contributed by atoms with Crippen molar-refractivity contribution in [2.24, 2.45) is 0 Å². The molecule has 1 aliphatic carbocycles. The van der Waals surface area contributed by atoms with Crippen molar-refractivity contribution in [3.8, 4) is 6.19 Å². The van der Waals surface area contributed by atoms with Gasteiger partial charge in [-0.1, -0.05) is 58.2 Å². The van der Waals surface area contributed by atoms with E-state index in [-0.39, 0.29) is 29.4 Å². The molecule has 3 atom stereocenters. The summed E-state index contributed by atoms with van der Waals surface area (Å²) in [5.74, 6) is -0.565. The van der Waals surface area contributed by atoms with Crippen molar-refractivity contribution in [2.75, 3.05) is 18.6 Å². The number of carbonyl (C=O) groups excluding carboxylic acids is 2. The van der Waals surface area contributed by atoms with Crippen LogP contribution in [0.25, 0.3) is 0 Å². The van der Waals surface area contributed by atoms with Crippen molar-refractivity contribution in [1.29, 1.82) is 5.26 Å². The second-order valence-electron chi connectivity index (χ2n) is 12.0. The van der Waals surface area contributed by atoms with Gasteiger partial charge in [0.1, 0.15) is 6.04 Å². The number of nitriles is 1. The lowest BCUT2D eigenvalue weighted by Crippen LogP contribution is -2.61. The lowest BCUT2D eigenvalue weighted by molar-refractivity contribution is -0.132. The van der Waals surface area contributed by atoms with E-state index in [4.69, 9.17) is 4.74 Å². The lowest BCUT2D eigenvalue weighted by atomic mass is 9.85. The van der Waals surface area contributed by atoms with Gasteiger partial charge in [0.15, 0.2) is 11.7 Å². The summed E-state index contributed by atoms with van der Waals surface area (Å²) < 4.78 is 5.53. The quantitative estimate of drug-likeness (QED) is 0.523. The molecule has 208 valence electrons. The van der Waals surface area contributed by atoms with Crippen LogP contribution in [0.3, 0.4) is 0 Å². The van der Waals surface area contributed by atoms with Crippen LogP contribution < -0.4 is 10.2 Å². The Labute approximate surface area is 232 Å². The van der Waals surface area contributed by atoms with E-state index in [0.717, 1.165) is 31.2 Å². The molecule has 1 aliphatic heterocycles. The summed E-state index contributed by atoms with van der Waals surface area (Å²) in [4.78, 5) is 36.2. The molecule has 0 spiro atoms. The Morgan fingerprint density at radius 2 is 1.77 bits per heavy atom. The normalized spacial score (nSPS) is 21.6. The van der Waals surface area contributed by atoms with Gasteiger partial charge >= 0.3 is 0 Å². The summed E-state index contributed by atoms with van der Waals surface area (Å²) in [7, 11) is 1.59. The van der Waals surface area contributed by atoms with Gasteiger partial charge in [0.2, 0.25) is 0 Å². The molecular formula is C31H41N5O3. The number of anilines is 1. The van der Waals surface area contributed by atoms with Crippen LogP contribution in [0.4, 0.5) is 5.69 Å². The van der Waals surface area contributed by atoms with E-state index in [1.165, 1.54) is 11.3 Å². The fraction of sp³-hybridized carbons (Fsp3) is 0.548. The number of likely N-dealkylation sites (tertiary alicyclic amines) is 1. The Hall–Kier alpha value is -3.44. The molecule has 1 N–H and O–H groups in total. The minimum atomic E-state index is -1.40. The summed E-state index contributed by atoms with van der Waals surface area (Å²) in [5.41, 5.74) is 0.839. The van der Waals surface area contributed by atoms with Crippen LogP contribution in [0, 0.1) is 11.5 Å². The number of methoxy groups -OCH3 is 1. The van der Waals surface area contributed by atoms with Gasteiger partial charge in [0, 0.05) is 43.2 Å². The highest BCUT2D eigenvalue weighted by atomic mass is 16.5. The van der Waals surface area contributed by atoms with E-state index >= 15 is 0 Å². The van der Waals surface area contributed by atoms with E-state index in [9.17, 15) is 14.9 Å². The van der Waals surface area contributed by atoms with E-state index in [0.29, 0.717) is 24.2 Å².